The van der Waals surface area contributed by atoms with Crippen LogP contribution < -0.4 is 10.2 Å². The molecule has 2 aliphatic rings. The Hall–Kier alpha value is -3.40. The Kier molecular flexibility index (Phi) is 4.60. The summed E-state index contributed by atoms with van der Waals surface area (Å²) < 4.78 is 5.91. The number of carbonyl (C=O) groups is 1. The van der Waals surface area contributed by atoms with Gasteiger partial charge < -0.3 is 4.74 Å². The van der Waals surface area contributed by atoms with E-state index in [1.807, 2.05) is 48.5 Å². The lowest BCUT2D eigenvalue weighted by molar-refractivity contribution is 0.0954. The van der Waals surface area contributed by atoms with Gasteiger partial charge in [0, 0.05) is 17.2 Å². The molecule has 0 radical (unpaired) electrons. The van der Waals surface area contributed by atoms with Crippen LogP contribution >= 0.6 is 0 Å². The van der Waals surface area contributed by atoms with E-state index in [0.29, 0.717) is 24.0 Å². The summed E-state index contributed by atoms with van der Waals surface area (Å²) in [6.45, 7) is 0.457. The predicted octanol–water partition coefficient (Wildman–Crippen LogP) is 5.10. The standard InChI is InChI=1S/C25H22N2O2/c28-25(27-26-24-15-21-6-3-7-23(21)24)19-10-8-17(9-11-19)16-29-22-13-12-18-4-1-2-5-20(18)14-22/h1-6,8-14,21,23H,7,15-16H2,(H,27,28)/b26-24-/t21-,23-/m0/s1. The Balaban J connectivity index is 1.17. The summed E-state index contributed by atoms with van der Waals surface area (Å²) in [5.74, 6) is 1.80. The maximum Gasteiger partial charge on any atom is 0.271 e. The summed E-state index contributed by atoms with van der Waals surface area (Å²) in [7, 11) is 0. The third-order valence-corrected chi connectivity index (χ3v) is 5.81. The van der Waals surface area contributed by atoms with Gasteiger partial charge in [0.15, 0.2) is 0 Å². The Morgan fingerprint density at radius 1 is 1.03 bits per heavy atom. The fourth-order valence-corrected chi connectivity index (χ4v) is 4.03. The lowest BCUT2D eigenvalue weighted by Gasteiger charge is -2.31. The van der Waals surface area contributed by atoms with Crippen LogP contribution in [0.1, 0.15) is 28.8 Å². The quantitative estimate of drug-likeness (QED) is 0.493. The molecule has 1 N–H and O–H groups in total. The molecule has 1 saturated carbocycles. The van der Waals surface area contributed by atoms with Crippen molar-refractivity contribution in [1.82, 2.24) is 5.43 Å². The van der Waals surface area contributed by atoms with Crippen LogP contribution in [0.5, 0.6) is 5.75 Å². The topological polar surface area (TPSA) is 50.7 Å². The van der Waals surface area contributed by atoms with Crippen LogP contribution in [0, 0.1) is 11.8 Å². The van der Waals surface area contributed by atoms with Gasteiger partial charge in [-0.25, -0.2) is 5.43 Å². The molecule has 0 aliphatic heterocycles. The zero-order chi connectivity index (χ0) is 19.6. The van der Waals surface area contributed by atoms with Crippen molar-refractivity contribution >= 4 is 22.4 Å². The first-order valence-corrected chi connectivity index (χ1v) is 10.0. The van der Waals surface area contributed by atoms with Gasteiger partial charge in [0.1, 0.15) is 12.4 Å². The van der Waals surface area contributed by atoms with Crippen molar-refractivity contribution in [3.05, 3.63) is 90.0 Å². The second-order valence-corrected chi connectivity index (χ2v) is 7.68. The molecule has 0 spiro atoms. The average molecular weight is 382 g/mol. The molecule has 0 saturated heterocycles. The third kappa shape index (κ3) is 3.66. The predicted molar refractivity (Wildman–Crippen MR) is 115 cm³/mol. The van der Waals surface area contributed by atoms with Crippen molar-refractivity contribution in [3.63, 3.8) is 0 Å². The van der Waals surface area contributed by atoms with E-state index in [1.54, 1.807) is 0 Å². The lowest BCUT2D eigenvalue weighted by Crippen LogP contribution is -2.35. The number of hydrazone groups is 1. The van der Waals surface area contributed by atoms with E-state index < -0.39 is 0 Å². The number of fused-ring (bicyclic) bond motifs is 2. The molecule has 2 aliphatic carbocycles. The summed E-state index contributed by atoms with van der Waals surface area (Å²) in [6.07, 6.45) is 6.47. The molecule has 4 heteroatoms. The minimum absolute atomic E-state index is 0.172. The van der Waals surface area contributed by atoms with Crippen LogP contribution in [0.25, 0.3) is 10.8 Å². The molecule has 29 heavy (non-hydrogen) atoms. The largest absolute Gasteiger partial charge is 0.489 e. The van der Waals surface area contributed by atoms with Crippen LogP contribution in [-0.4, -0.2) is 11.6 Å². The summed E-state index contributed by atoms with van der Waals surface area (Å²) in [5, 5.41) is 6.68. The number of hydrogen-bond acceptors (Lipinski definition) is 3. The van der Waals surface area contributed by atoms with Crippen LogP contribution in [0.3, 0.4) is 0 Å². The number of nitrogens with zero attached hydrogens (tertiary/aromatic N) is 1. The number of amides is 1. The first kappa shape index (κ1) is 17.7. The van der Waals surface area contributed by atoms with Crippen LogP contribution in [0.2, 0.25) is 0 Å². The number of allylic oxidation sites excluding steroid dienone is 2. The molecule has 1 amide bonds. The molecule has 0 aromatic heterocycles. The van der Waals surface area contributed by atoms with Gasteiger partial charge >= 0.3 is 0 Å². The molecule has 1 fully saturated rings. The summed E-state index contributed by atoms with van der Waals surface area (Å²) in [6, 6.07) is 21.8. The number of rotatable bonds is 5. The van der Waals surface area contributed by atoms with E-state index in [9.17, 15) is 4.79 Å². The van der Waals surface area contributed by atoms with Gasteiger partial charge in [-0.1, -0.05) is 54.6 Å². The van der Waals surface area contributed by atoms with Crippen LogP contribution in [0.4, 0.5) is 0 Å². The van der Waals surface area contributed by atoms with E-state index >= 15 is 0 Å². The summed E-state index contributed by atoms with van der Waals surface area (Å²) >= 11 is 0. The van der Waals surface area contributed by atoms with Crippen LogP contribution in [-0.2, 0) is 6.61 Å². The van der Waals surface area contributed by atoms with Crippen LogP contribution in [0.15, 0.2) is 84.0 Å². The number of hydrogen-bond donors (Lipinski definition) is 1. The van der Waals surface area contributed by atoms with Gasteiger partial charge in [0.2, 0.25) is 0 Å². The molecular weight excluding hydrogens is 360 g/mol. The molecule has 3 aromatic carbocycles. The van der Waals surface area contributed by atoms with Gasteiger partial charge in [-0.05, 0) is 59.4 Å². The fourth-order valence-electron chi connectivity index (χ4n) is 4.03. The van der Waals surface area contributed by atoms with E-state index in [-0.39, 0.29) is 5.91 Å². The SMILES string of the molecule is O=C(N/N=C1/C[C@@H]2C=CC[C@H]12)c1ccc(COc2ccc3ccccc3c2)cc1. The normalized spacial score (nSPS) is 21.0. The zero-order valence-electron chi connectivity index (χ0n) is 16.0. The second-order valence-electron chi connectivity index (χ2n) is 7.68. The Bertz CT molecular complexity index is 1120. The monoisotopic (exact) mass is 382 g/mol. The molecule has 3 aromatic rings. The molecule has 5 rings (SSSR count). The molecule has 144 valence electrons. The fraction of sp³-hybridized carbons (Fsp3) is 0.200. The van der Waals surface area contributed by atoms with Gasteiger partial charge in [0.25, 0.3) is 5.91 Å². The highest BCUT2D eigenvalue weighted by atomic mass is 16.5. The average Bonchev–Trinajstić information content (AvgIpc) is 3.13. The highest BCUT2D eigenvalue weighted by Crippen LogP contribution is 2.40. The highest BCUT2D eigenvalue weighted by Gasteiger charge is 2.38. The molecule has 0 unspecified atom stereocenters. The maximum atomic E-state index is 12.3. The second kappa shape index (κ2) is 7.55. The summed E-state index contributed by atoms with van der Waals surface area (Å²) in [5.41, 5.74) is 5.42. The van der Waals surface area contributed by atoms with E-state index in [1.165, 1.54) is 5.39 Å². The van der Waals surface area contributed by atoms with Crippen molar-refractivity contribution in [1.29, 1.82) is 0 Å². The number of nitrogens with one attached hydrogen (secondary N) is 1. The highest BCUT2D eigenvalue weighted by molar-refractivity contribution is 5.98. The third-order valence-electron chi connectivity index (χ3n) is 5.81. The van der Waals surface area contributed by atoms with E-state index in [4.69, 9.17) is 4.74 Å². The van der Waals surface area contributed by atoms with Crippen molar-refractivity contribution < 1.29 is 9.53 Å². The Morgan fingerprint density at radius 2 is 1.86 bits per heavy atom. The van der Waals surface area contributed by atoms with Gasteiger partial charge in [-0.3, -0.25) is 4.79 Å². The van der Waals surface area contributed by atoms with Gasteiger partial charge in [0.05, 0.1) is 0 Å². The molecule has 0 bridgehead atoms. The van der Waals surface area contributed by atoms with Crippen molar-refractivity contribution in [2.75, 3.05) is 0 Å². The van der Waals surface area contributed by atoms with Crippen molar-refractivity contribution in [2.45, 2.75) is 19.4 Å². The minimum atomic E-state index is -0.172. The number of ether oxygens (including phenoxy) is 1. The smallest absolute Gasteiger partial charge is 0.271 e. The number of benzene rings is 3. The molecule has 4 nitrogen and oxygen atoms in total. The zero-order valence-corrected chi connectivity index (χ0v) is 16.0. The first-order chi connectivity index (χ1) is 14.3. The molecule has 0 heterocycles. The maximum absolute atomic E-state index is 12.3. The van der Waals surface area contributed by atoms with E-state index in [0.717, 1.165) is 35.3 Å². The van der Waals surface area contributed by atoms with Gasteiger partial charge in [-0.2, -0.15) is 5.10 Å². The lowest BCUT2D eigenvalue weighted by atomic mass is 9.74. The van der Waals surface area contributed by atoms with Crippen molar-refractivity contribution in [2.24, 2.45) is 16.9 Å². The number of carbonyl (C=O) groups excluding carboxylic acids is 1. The Labute approximate surface area is 169 Å². The molecular formula is C25H22N2O2. The summed E-state index contributed by atoms with van der Waals surface area (Å²) in [4.78, 5) is 12.3. The molecule has 2 atom stereocenters. The minimum Gasteiger partial charge on any atom is -0.489 e. The van der Waals surface area contributed by atoms with Crippen molar-refractivity contribution in [3.8, 4) is 5.75 Å². The van der Waals surface area contributed by atoms with E-state index in [2.05, 4.69) is 40.9 Å². The Morgan fingerprint density at radius 3 is 2.69 bits per heavy atom. The van der Waals surface area contributed by atoms with Gasteiger partial charge in [-0.15, -0.1) is 0 Å². The first-order valence-electron chi connectivity index (χ1n) is 10.0.